The fourth-order valence-electron chi connectivity index (χ4n) is 1.08. The Hall–Kier alpha value is -1.63. The van der Waals surface area contributed by atoms with Crippen LogP contribution < -0.4 is 16.8 Å². The van der Waals surface area contributed by atoms with Gasteiger partial charge in [-0.1, -0.05) is 13.8 Å². The molecule has 0 aromatic rings. The molecule has 0 bridgehead atoms. The van der Waals surface area contributed by atoms with Gasteiger partial charge < -0.3 is 21.9 Å². The molecule has 2 atom stereocenters. The molecule has 0 fully saturated rings. The molecule has 2 amide bonds. The molecular formula is C9H17N3O4. The van der Waals surface area contributed by atoms with Crippen LogP contribution in [0.5, 0.6) is 0 Å². The van der Waals surface area contributed by atoms with Crippen LogP contribution in [0, 0.1) is 5.92 Å². The first kappa shape index (κ1) is 14.4. The van der Waals surface area contributed by atoms with E-state index in [2.05, 4.69) is 5.32 Å². The molecule has 0 aliphatic carbocycles. The zero-order valence-electron chi connectivity index (χ0n) is 9.27. The predicted molar refractivity (Wildman–Crippen MR) is 56.2 cm³/mol. The van der Waals surface area contributed by atoms with E-state index in [1.165, 1.54) is 0 Å². The third kappa shape index (κ3) is 4.74. The summed E-state index contributed by atoms with van der Waals surface area (Å²) in [5.41, 5.74) is 10.2. The van der Waals surface area contributed by atoms with Gasteiger partial charge in [0, 0.05) is 0 Å². The van der Waals surface area contributed by atoms with Gasteiger partial charge in [-0.15, -0.1) is 0 Å². The number of aliphatic carboxylic acids is 1. The lowest BCUT2D eigenvalue weighted by molar-refractivity contribution is -0.143. The standard InChI is InChI=1S/C9H17N3O4/c1-4(2)7(9(15)16)12-8(14)5(10)3-6(11)13/h4-5,7H,3,10H2,1-2H3,(H2,11,13)(H,12,14)(H,15,16)/t5?,7-/m0/s1. The van der Waals surface area contributed by atoms with Gasteiger partial charge in [-0.25, -0.2) is 4.79 Å². The van der Waals surface area contributed by atoms with Crippen molar-refractivity contribution < 1.29 is 19.5 Å². The van der Waals surface area contributed by atoms with E-state index in [9.17, 15) is 14.4 Å². The molecule has 6 N–H and O–H groups in total. The van der Waals surface area contributed by atoms with Crippen LogP contribution in [0.1, 0.15) is 20.3 Å². The van der Waals surface area contributed by atoms with Crippen molar-refractivity contribution in [3.63, 3.8) is 0 Å². The van der Waals surface area contributed by atoms with Crippen LogP contribution in [0.25, 0.3) is 0 Å². The van der Waals surface area contributed by atoms with Gasteiger partial charge in [0.2, 0.25) is 11.8 Å². The number of nitrogens with one attached hydrogen (secondary N) is 1. The molecule has 0 aromatic heterocycles. The molecule has 7 nitrogen and oxygen atoms in total. The number of carboxylic acids is 1. The number of hydrogen-bond acceptors (Lipinski definition) is 4. The molecule has 0 radical (unpaired) electrons. The third-order valence-electron chi connectivity index (χ3n) is 1.99. The molecule has 0 spiro atoms. The van der Waals surface area contributed by atoms with Crippen molar-refractivity contribution in [1.29, 1.82) is 0 Å². The topological polar surface area (TPSA) is 136 Å². The number of carboxylic acid groups (broad SMARTS) is 1. The Morgan fingerprint density at radius 3 is 2.12 bits per heavy atom. The van der Waals surface area contributed by atoms with Gasteiger partial charge in [-0.3, -0.25) is 9.59 Å². The molecule has 0 saturated carbocycles. The highest BCUT2D eigenvalue weighted by Crippen LogP contribution is 2.02. The molecule has 0 rings (SSSR count). The van der Waals surface area contributed by atoms with Gasteiger partial charge in [0.25, 0.3) is 0 Å². The number of hydrogen-bond donors (Lipinski definition) is 4. The number of amides is 2. The van der Waals surface area contributed by atoms with Crippen molar-refractivity contribution in [3.8, 4) is 0 Å². The van der Waals surface area contributed by atoms with E-state index in [1.807, 2.05) is 0 Å². The van der Waals surface area contributed by atoms with Crippen molar-refractivity contribution in [2.24, 2.45) is 17.4 Å². The maximum absolute atomic E-state index is 11.4. The molecule has 0 aromatic carbocycles. The Bertz CT molecular complexity index is 290. The summed E-state index contributed by atoms with van der Waals surface area (Å²) in [6.45, 7) is 3.30. The lowest BCUT2D eigenvalue weighted by atomic mass is 10.0. The maximum atomic E-state index is 11.4. The first-order chi connectivity index (χ1) is 7.25. The Labute approximate surface area is 93.2 Å². The van der Waals surface area contributed by atoms with Gasteiger partial charge in [0.15, 0.2) is 0 Å². The molecule has 0 aliphatic heterocycles. The van der Waals surface area contributed by atoms with Crippen LogP contribution in [-0.4, -0.2) is 35.0 Å². The summed E-state index contributed by atoms with van der Waals surface area (Å²) in [7, 11) is 0. The quantitative estimate of drug-likeness (QED) is 0.437. The van der Waals surface area contributed by atoms with Gasteiger partial charge in [-0.05, 0) is 5.92 Å². The van der Waals surface area contributed by atoms with Gasteiger partial charge in [0.1, 0.15) is 6.04 Å². The van der Waals surface area contributed by atoms with E-state index in [0.29, 0.717) is 0 Å². The highest BCUT2D eigenvalue weighted by Gasteiger charge is 2.26. The van der Waals surface area contributed by atoms with Crippen LogP contribution in [0.15, 0.2) is 0 Å². The number of carbonyl (C=O) groups excluding carboxylic acids is 2. The van der Waals surface area contributed by atoms with Crippen LogP contribution in [0.3, 0.4) is 0 Å². The first-order valence-electron chi connectivity index (χ1n) is 4.82. The van der Waals surface area contributed by atoms with E-state index < -0.39 is 29.9 Å². The zero-order valence-corrected chi connectivity index (χ0v) is 9.27. The van der Waals surface area contributed by atoms with Crippen LogP contribution in [0.4, 0.5) is 0 Å². The normalized spacial score (nSPS) is 14.2. The Morgan fingerprint density at radius 2 is 1.81 bits per heavy atom. The highest BCUT2D eigenvalue weighted by molar-refractivity contribution is 5.90. The van der Waals surface area contributed by atoms with Crippen molar-refractivity contribution in [1.82, 2.24) is 5.32 Å². The van der Waals surface area contributed by atoms with Crippen molar-refractivity contribution in [3.05, 3.63) is 0 Å². The lowest BCUT2D eigenvalue weighted by Gasteiger charge is -2.19. The average Bonchev–Trinajstić information content (AvgIpc) is 2.11. The molecule has 92 valence electrons. The minimum Gasteiger partial charge on any atom is -0.480 e. The highest BCUT2D eigenvalue weighted by atomic mass is 16.4. The molecule has 0 saturated heterocycles. The second-order valence-electron chi connectivity index (χ2n) is 3.85. The molecule has 0 aliphatic rings. The largest absolute Gasteiger partial charge is 0.480 e. The summed E-state index contributed by atoms with van der Waals surface area (Å²) in [6.07, 6.45) is -0.309. The Balaban J connectivity index is 4.40. The lowest BCUT2D eigenvalue weighted by Crippen LogP contribution is -2.51. The molecule has 16 heavy (non-hydrogen) atoms. The van der Waals surface area contributed by atoms with Gasteiger partial charge in [-0.2, -0.15) is 0 Å². The van der Waals surface area contributed by atoms with Gasteiger partial charge in [0.05, 0.1) is 12.5 Å². The van der Waals surface area contributed by atoms with Crippen LogP contribution in [0.2, 0.25) is 0 Å². The SMILES string of the molecule is CC(C)[C@H](NC(=O)C(N)CC(N)=O)C(=O)O. The summed E-state index contributed by atoms with van der Waals surface area (Å²) < 4.78 is 0. The molecule has 1 unspecified atom stereocenters. The zero-order chi connectivity index (χ0) is 12.9. The summed E-state index contributed by atoms with van der Waals surface area (Å²) in [5.74, 6) is -2.82. The number of rotatable bonds is 6. The van der Waals surface area contributed by atoms with Crippen molar-refractivity contribution >= 4 is 17.8 Å². The summed E-state index contributed by atoms with van der Waals surface area (Å²) in [4.78, 5) is 32.7. The molecule has 7 heteroatoms. The molecular weight excluding hydrogens is 214 g/mol. The summed E-state index contributed by atoms with van der Waals surface area (Å²) >= 11 is 0. The fraction of sp³-hybridized carbons (Fsp3) is 0.667. The fourth-order valence-corrected chi connectivity index (χ4v) is 1.08. The van der Waals surface area contributed by atoms with E-state index in [4.69, 9.17) is 16.6 Å². The number of primary amides is 1. The number of nitrogens with two attached hydrogens (primary N) is 2. The first-order valence-corrected chi connectivity index (χ1v) is 4.82. The predicted octanol–water partition coefficient (Wildman–Crippen LogP) is -1.59. The smallest absolute Gasteiger partial charge is 0.326 e. The van der Waals surface area contributed by atoms with E-state index >= 15 is 0 Å². The third-order valence-corrected chi connectivity index (χ3v) is 1.99. The van der Waals surface area contributed by atoms with E-state index in [1.54, 1.807) is 13.8 Å². The Kier molecular flexibility index (Phi) is 5.44. The second-order valence-corrected chi connectivity index (χ2v) is 3.85. The second kappa shape index (κ2) is 6.06. The van der Waals surface area contributed by atoms with E-state index in [0.717, 1.165) is 0 Å². The van der Waals surface area contributed by atoms with Gasteiger partial charge >= 0.3 is 5.97 Å². The monoisotopic (exact) mass is 231 g/mol. The number of carbonyl (C=O) groups is 3. The minimum atomic E-state index is -1.14. The van der Waals surface area contributed by atoms with Crippen LogP contribution in [-0.2, 0) is 14.4 Å². The van der Waals surface area contributed by atoms with Crippen molar-refractivity contribution in [2.45, 2.75) is 32.4 Å². The van der Waals surface area contributed by atoms with Crippen LogP contribution >= 0.6 is 0 Å². The van der Waals surface area contributed by atoms with E-state index in [-0.39, 0.29) is 12.3 Å². The molecule has 0 heterocycles. The summed E-state index contributed by atoms with van der Waals surface area (Å²) in [5, 5.41) is 11.1. The summed E-state index contributed by atoms with van der Waals surface area (Å²) in [6, 6.07) is -2.13. The Morgan fingerprint density at radius 1 is 1.31 bits per heavy atom. The van der Waals surface area contributed by atoms with Crippen molar-refractivity contribution in [2.75, 3.05) is 0 Å². The minimum absolute atomic E-state index is 0.276. The maximum Gasteiger partial charge on any atom is 0.326 e. The average molecular weight is 231 g/mol.